The molecule has 2 aliphatic carbocycles. The third kappa shape index (κ3) is 3.39. The molecule has 4 rings (SSSR count). The van der Waals surface area contributed by atoms with E-state index in [0.29, 0.717) is 5.91 Å². The highest BCUT2D eigenvalue weighted by Crippen LogP contribution is 2.39. The van der Waals surface area contributed by atoms with Crippen LogP contribution in [0.2, 0.25) is 0 Å². The lowest BCUT2D eigenvalue weighted by Crippen LogP contribution is -2.49. The van der Waals surface area contributed by atoms with E-state index in [0.717, 1.165) is 57.3 Å². The molecule has 0 unspecified atom stereocenters. The first-order valence-corrected chi connectivity index (χ1v) is 9.70. The summed E-state index contributed by atoms with van der Waals surface area (Å²) >= 11 is 0. The van der Waals surface area contributed by atoms with Crippen LogP contribution < -0.4 is 0 Å². The third-order valence-corrected chi connectivity index (χ3v) is 6.06. The molecule has 1 aromatic rings. The summed E-state index contributed by atoms with van der Waals surface area (Å²) in [5.74, 6) is 0.390. The number of nitrogens with zero attached hydrogens (tertiary/aromatic N) is 2. The van der Waals surface area contributed by atoms with Crippen LogP contribution in [0.15, 0.2) is 35.5 Å². The molecule has 0 radical (unpaired) electrons. The van der Waals surface area contributed by atoms with E-state index in [1.165, 1.54) is 5.56 Å². The number of benzene rings is 1. The maximum Gasteiger partial charge on any atom is 0.338 e. The van der Waals surface area contributed by atoms with Gasteiger partial charge in [-0.15, -0.1) is 0 Å². The predicted octanol–water partition coefficient (Wildman–Crippen LogP) is 3.29. The molecule has 3 fully saturated rings. The van der Waals surface area contributed by atoms with E-state index in [2.05, 4.69) is 17.3 Å². The van der Waals surface area contributed by atoms with E-state index in [9.17, 15) is 9.59 Å². The molecule has 1 aromatic carbocycles. The monoisotopic (exact) mass is 354 g/mol. The van der Waals surface area contributed by atoms with Gasteiger partial charge >= 0.3 is 5.97 Å². The molecule has 2 saturated carbocycles. The second-order valence-corrected chi connectivity index (χ2v) is 7.91. The molecule has 5 nitrogen and oxygen atoms in total. The van der Waals surface area contributed by atoms with Gasteiger partial charge in [0.15, 0.2) is 0 Å². The largest absolute Gasteiger partial charge is 0.342 e. The van der Waals surface area contributed by atoms with E-state index < -0.39 is 0 Å². The normalized spacial score (nSPS) is 22.8. The maximum absolute atomic E-state index is 12.4. The van der Waals surface area contributed by atoms with Crippen molar-refractivity contribution in [1.29, 1.82) is 0 Å². The topological polar surface area (TPSA) is 59.0 Å². The van der Waals surface area contributed by atoms with Crippen LogP contribution in [0.1, 0.15) is 51.0 Å². The Morgan fingerprint density at radius 3 is 2.23 bits per heavy atom. The lowest BCUT2D eigenvalue weighted by atomic mass is 9.69. The fraction of sp³-hybridized carbons (Fsp3) is 0.571. The summed E-state index contributed by atoms with van der Waals surface area (Å²) in [6.45, 7) is 3.41. The average molecular weight is 354 g/mol. The van der Waals surface area contributed by atoms with Crippen LogP contribution >= 0.6 is 0 Å². The van der Waals surface area contributed by atoms with E-state index >= 15 is 0 Å². The Hall–Kier alpha value is -2.17. The van der Waals surface area contributed by atoms with Crippen LogP contribution in [0.4, 0.5) is 0 Å². The summed E-state index contributed by atoms with van der Waals surface area (Å²) in [7, 11) is 0. The van der Waals surface area contributed by atoms with Gasteiger partial charge in [-0.2, -0.15) is 0 Å². The SMILES string of the molecule is C/C(=N\OC(=O)C1CC1)C1(c2ccccc2)CCN(C(=O)C2CC2)CC1. The zero-order valence-corrected chi connectivity index (χ0v) is 15.3. The van der Waals surface area contributed by atoms with Crippen LogP contribution in [-0.4, -0.2) is 35.6 Å². The van der Waals surface area contributed by atoms with Gasteiger partial charge in [0, 0.05) is 24.4 Å². The second kappa shape index (κ2) is 6.86. The maximum atomic E-state index is 12.4. The minimum Gasteiger partial charge on any atom is -0.342 e. The van der Waals surface area contributed by atoms with Crippen LogP contribution in [0, 0.1) is 11.8 Å². The first kappa shape index (κ1) is 17.3. The molecular weight excluding hydrogens is 328 g/mol. The van der Waals surface area contributed by atoms with Crippen molar-refractivity contribution in [3.05, 3.63) is 35.9 Å². The number of carbonyl (C=O) groups excluding carboxylic acids is 2. The Bertz CT molecular complexity index is 712. The number of carbonyl (C=O) groups is 2. The molecule has 1 saturated heterocycles. The van der Waals surface area contributed by atoms with Crippen molar-refractivity contribution in [3.8, 4) is 0 Å². The molecule has 0 aromatic heterocycles. The van der Waals surface area contributed by atoms with Gasteiger partial charge in [0.25, 0.3) is 0 Å². The molecule has 26 heavy (non-hydrogen) atoms. The molecule has 0 spiro atoms. The number of oxime groups is 1. The van der Waals surface area contributed by atoms with Gasteiger partial charge < -0.3 is 9.74 Å². The third-order valence-electron chi connectivity index (χ3n) is 6.06. The van der Waals surface area contributed by atoms with Gasteiger partial charge in [-0.3, -0.25) is 4.79 Å². The number of amides is 1. The Labute approximate surface area is 154 Å². The summed E-state index contributed by atoms with van der Waals surface area (Å²) in [5.41, 5.74) is 1.74. The Kier molecular flexibility index (Phi) is 4.55. The number of likely N-dealkylation sites (tertiary alicyclic amines) is 1. The standard InChI is InChI=1S/C21H26N2O3/c1-15(22-26-20(25)17-9-10-17)21(18-5-3-2-4-6-18)11-13-23(14-12-21)19(24)16-7-8-16/h2-6,16-17H,7-14H2,1H3/b22-15+. The predicted molar refractivity (Wildman–Crippen MR) is 98.6 cm³/mol. The Morgan fingerprint density at radius 1 is 1.04 bits per heavy atom. The molecule has 3 aliphatic rings. The fourth-order valence-corrected chi connectivity index (χ4v) is 3.91. The Balaban J connectivity index is 1.54. The van der Waals surface area contributed by atoms with Crippen molar-refractivity contribution < 1.29 is 14.4 Å². The Morgan fingerprint density at radius 2 is 1.65 bits per heavy atom. The van der Waals surface area contributed by atoms with Crippen molar-refractivity contribution in [3.63, 3.8) is 0 Å². The van der Waals surface area contributed by atoms with Gasteiger partial charge in [-0.1, -0.05) is 35.5 Å². The van der Waals surface area contributed by atoms with Crippen LogP contribution in [0.3, 0.4) is 0 Å². The zero-order chi connectivity index (χ0) is 18.1. The molecule has 5 heteroatoms. The summed E-state index contributed by atoms with van der Waals surface area (Å²) in [5, 5.41) is 4.24. The van der Waals surface area contributed by atoms with Crippen LogP contribution in [0.25, 0.3) is 0 Å². The quantitative estimate of drug-likeness (QED) is 0.463. The van der Waals surface area contributed by atoms with Crippen molar-refractivity contribution in [2.24, 2.45) is 17.0 Å². The first-order valence-electron chi connectivity index (χ1n) is 9.70. The fourth-order valence-electron chi connectivity index (χ4n) is 3.91. The molecular formula is C21H26N2O3. The lowest BCUT2D eigenvalue weighted by molar-refractivity contribution is -0.145. The molecule has 0 atom stereocenters. The van der Waals surface area contributed by atoms with E-state index in [-0.39, 0.29) is 23.2 Å². The number of rotatable bonds is 5. The van der Waals surface area contributed by atoms with Gasteiger partial charge in [-0.25, -0.2) is 4.79 Å². The van der Waals surface area contributed by atoms with Gasteiger partial charge in [0.2, 0.25) is 5.91 Å². The summed E-state index contributed by atoms with van der Waals surface area (Å²) in [6.07, 6.45) is 5.52. The number of piperidine rings is 1. The van der Waals surface area contributed by atoms with Crippen molar-refractivity contribution >= 4 is 17.6 Å². The summed E-state index contributed by atoms with van der Waals surface area (Å²) in [6, 6.07) is 10.3. The highest BCUT2D eigenvalue weighted by molar-refractivity contribution is 5.93. The molecule has 138 valence electrons. The molecule has 0 bridgehead atoms. The van der Waals surface area contributed by atoms with Crippen molar-refractivity contribution in [2.45, 2.75) is 50.9 Å². The molecule has 1 aliphatic heterocycles. The van der Waals surface area contributed by atoms with E-state index in [4.69, 9.17) is 4.84 Å². The van der Waals surface area contributed by atoms with Gasteiger partial charge in [0.05, 0.1) is 11.6 Å². The van der Waals surface area contributed by atoms with Crippen LogP contribution in [0.5, 0.6) is 0 Å². The number of hydrogen-bond donors (Lipinski definition) is 0. The minimum absolute atomic E-state index is 0.0391. The van der Waals surface area contributed by atoms with E-state index in [1.54, 1.807) is 0 Å². The average Bonchev–Trinajstić information content (AvgIpc) is 3.58. The smallest absolute Gasteiger partial charge is 0.338 e. The van der Waals surface area contributed by atoms with Gasteiger partial charge in [-0.05, 0) is 51.0 Å². The lowest BCUT2D eigenvalue weighted by Gasteiger charge is -2.42. The molecule has 0 N–H and O–H groups in total. The highest BCUT2D eigenvalue weighted by atomic mass is 16.7. The van der Waals surface area contributed by atoms with Gasteiger partial charge in [0.1, 0.15) is 0 Å². The zero-order valence-electron chi connectivity index (χ0n) is 15.3. The highest BCUT2D eigenvalue weighted by Gasteiger charge is 2.43. The molecule has 1 heterocycles. The van der Waals surface area contributed by atoms with Crippen molar-refractivity contribution in [2.75, 3.05) is 13.1 Å². The summed E-state index contributed by atoms with van der Waals surface area (Å²) in [4.78, 5) is 31.5. The van der Waals surface area contributed by atoms with Crippen LogP contribution in [-0.2, 0) is 19.8 Å². The number of hydrogen-bond acceptors (Lipinski definition) is 4. The van der Waals surface area contributed by atoms with E-state index in [1.807, 2.05) is 30.0 Å². The molecule has 1 amide bonds. The minimum atomic E-state index is -0.272. The second-order valence-electron chi connectivity index (χ2n) is 7.91. The first-order chi connectivity index (χ1) is 12.6. The summed E-state index contributed by atoms with van der Waals surface area (Å²) < 4.78 is 0. The van der Waals surface area contributed by atoms with Crippen molar-refractivity contribution in [1.82, 2.24) is 4.90 Å².